The molecule has 178 valence electrons. The number of carbonyl (C=O) groups excluding carboxylic acids is 1. The highest BCUT2D eigenvalue weighted by Gasteiger charge is 2.35. The van der Waals surface area contributed by atoms with Crippen LogP contribution in [0.3, 0.4) is 0 Å². The number of sulfone groups is 1. The zero-order valence-electron chi connectivity index (χ0n) is 18.7. The fraction of sp³-hybridized carbons (Fsp3) is 0.320. The quantitative estimate of drug-likeness (QED) is 0.385. The Bertz CT molecular complexity index is 1340. The van der Waals surface area contributed by atoms with E-state index in [9.17, 15) is 13.2 Å². The molecule has 34 heavy (non-hydrogen) atoms. The van der Waals surface area contributed by atoms with Crippen molar-refractivity contribution in [3.63, 3.8) is 0 Å². The van der Waals surface area contributed by atoms with Gasteiger partial charge < -0.3 is 14.5 Å². The Kier molecular flexibility index (Phi) is 7.05. The highest BCUT2D eigenvalue weighted by Crippen LogP contribution is 2.39. The fourth-order valence-corrected chi connectivity index (χ4v) is 5.06. The van der Waals surface area contributed by atoms with Gasteiger partial charge in [-0.25, -0.2) is 13.2 Å². The third-order valence-corrected chi connectivity index (χ3v) is 6.99. The molecule has 0 unspecified atom stereocenters. The van der Waals surface area contributed by atoms with Crippen LogP contribution >= 0.6 is 11.6 Å². The van der Waals surface area contributed by atoms with Crippen molar-refractivity contribution < 1.29 is 22.7 Å². The summed E-state index contributed by atoms with van der Waals surface area (Å²) in [6, 6.07) is 12.7. The first-order valence-electron chi connectivity index (χ1n) is 10.8. The van der Waals surface area contributed by atoms with E-state index < -0.39 is 22.0 Å². The monoisotopic (exact) mass is 500 g/mol. The van der Waals surface area contributed by atoms with Crippen LogP contribution in [0.1, 0.15) is 29.3 Å². The number of H-pyrrole nitrogens is 1. The van der Waals surface area contributed by atoms with Crippen molar-refractivity contribution in [2.24, 2.45) is 0 Å². The van der Waals surface area contributed by atoms with Crippen LogP contribution in [0.25, 0.3) is 10.9 Å². The molecule has 0 spiro atoms. The molecule has 2 heterocycles. The van der Waals surface area contributed by atoms with Crippen LogP contribution in [-0.4, -0.2) is 56.2 Å². The minimum absolute atomic E-state index is 0.0784. The van der Waals surface area contributed by atoms with Crippen LogP contribution < -0.4 is 4.74 Å². The molecule has 9 heteroatoms. The molecule has 0 aliphatic carbocycles. The Hall–Kier alpha value is -3.15. The summed E-state index contributed by atoms with van der Waals surface area (Å²) in [5.74, 6) is 3.04. The maximum atomic E-state index is 12.8. The second-order valence-electron chi connectivity index (χ2n) is 8.21. The molecule has 0 saturated heterocycles. The molecule has 0 fully saturated rings. The van der Waals surface area contributed by atoms with Gasteiger partial charge in [-0.3, -0.25) is 4.90 Å². The van der Waals surface area contributed by atoms with Crippen molar-refractivity contribution in [3.05, 3.63) is 64.3 Å². The predicted molar refractivity (Wildman–Crippen MR) is 132 cm³/mol. The highest BCUT2D eigenvalue weighted by molar-refractivity contribution is 7.90. The van der Waals surface area contributed by atoms with Gasteiger partial charge in [0, 0.05) is 34.4 Å². The number of hydrogen-bond donors (Lipinski definition) is 1. The molecule has 4 rings (SSSR count). The Morgan fingerprint density at radius 2 is 2.03 bits per heavy atom. The minimum atomic E-state index is -3.02. The molecule has 0 saturated carbocycles. The van der Waals surface area contributed by atoms with E-state index in [4.69, 9.17) is 27.5 Å². The first-order valence-corrected chi connectivity index (χ1v) is 13.3. The van der Waals surface area contributed by atoms with Crippen LogP contribution in [0.15, 0.2) is 42.5 Å². The van der Waals surface area contributed by atoms with E-state index in [1.807, 2.05) is 42.5 Å². The first kappa shape index (κ1) is 24.0. The van der Waals surface area contributed by atoms with Gasteiger partial charge in [0.15, 0.2) is 6.61 Å². The van der Waals surface area contributed by atoms with E-state index in [2.05, 4.69) is 10.9 Å². The van der Waals surface area contributed by atoms with Crippen molar-refractivity contribution in [1.82, 2.24) is 9.88 Å². The van der Waals surface area contributed by atoms with E-state index in [0.717, 1.165) is 27.7 Å². The van der Waals surface area contributed by atoms with Crippen molar-refractivity contribution in [1.29, 1.82) is 0 Å². The standard InChI is InChI=1S/C25H25ClN2O5S/c1-3-13-33-25(29)28-12-11-20-21-16-18(26)7-10-22(21)27-23(20)24(28)17-5-8-19(9-6-17)32-14-4-15-34(2,30)31/h1,5-10,16,24,27H,4,11-15H2,2H3/t24-/m0/s1. The van der Waals surface area contributed by atoms with Gasteiger partial charge >= 0.3 is 6.09 Å². The zero-order chi connectivity index (χ0) is 24.3. The molecule has 7 nitrogen and oxygen atoms in total. The van der Waals surface area contributed by atoms with E-state index in [-0.39, 0.29) is 12.4 Å². The molecule has 3 aromatic rings. The van der Waals surface area contributed by atoms with Crippen LogP contribution in [0.5, 0.6) is 5.75 Å². The normalized spacial score (nSPS) is 15.6. The number of terminal acetylenes is 1. The number of carbonyl (C=O) groups is 1. The molecule has 1 aliphatic rings. The van der Waals surface area contributed by atoms with Crippen LogP contribution in [0, 0.1) is 12.3 Å². The molecular weight excluding hydrogens is 476 g/mol. The van der Waals surface area contributed by atoms with Gasteiger partial charge in [0.05, 0.1) is 12.4 Å². The Morgan fingerprint density at radius 1 is 1.26 bits per heavy atom. The lowest BCUT2D eigenvalue weighted by Gasteiger charge is -2.35. The van der Waals surface area contributed by atoms with E-state index >= 15 is 0 Å². The van der Waals surface area contributed by atoms with Gasteiger partial charge in [-0.15, -0.1) is 6.42 Å². The largest absolute Gasteiger partial charge is 0.494 e. The summed E-state index contributed by atoms with van der Waals surface area (Å²) in [5, 5.41) is 1.69. The highest BCUT2D eigenvalue weighted by atomic mass is 35.5. The number of ether oxygens (including phenoxy) is 2. The molecular formula is C25H25ClN2O5S. The van der Waals surface area contributed by atoms with Crippen molar-refractivity contribution in [2.75, 3.05) is 31.8 Å². The minimum Gasteiger partial charge on any atom is -0.494 e. The zero-order valence-corrected chi connectivity index (χ0v) is 20.3. The Morgan fingerprint density at radius 3 is 2.74 bits per heavy atom. The lowest BCUT2D eigenvalue weighted by Crippen LogP contribution is -2.41. The molecule has 1 atom stereocenters. The summed E-state index contributed by atoms with van der Waals surface area (Å²) in [7, 11) is -3.02. The number of hydrogen-bond acceptors (Lipinski definition) is 5. The molecule has 0 bridgehead atoms. The SMILES string of the molecule is C#CCOC(=O)N1CCc2c([nH]c3ccc(Cl)cc23)[C@@H]1c1ccc(OCCCS(C)(=O)=O)cc1. The number of aromatic nitrogens is 1. The number of aromatic amines is 1. The second kappa shape index (κ2) is 10.00. The second-order valence-corrected chi connectivity index (χ2v) is 10.9. The third-order valence-electron chi connectivity index (χ3n) is 5.73. The molecule has 1 amide bonds. The number of rotatable bonds is 7. The average molecular weight is 501 g/mol. The summed E-state index contributed by atoms with van der Waals surface area (Å²) < 4.78 is 33.5. The third kappa shape index (κ3) is 5.32. The first-order chi connectivity index (χ1) is 16.3. The van der Waals surface area contributed by atoms with E-state index in [1.54, 1.807) is 4.90 Å². The molecule has 0 radical (unpaired) electrons. The fourth-order valence-electron chi connectivity index (χ4n) is 4.25. The number of halogens is 1. The Labute approximate surface area is 203 Å². The average Bonchev–Trinajstić information content (AvgIpc) is 3.17. The number of nitrogens with zero attached hydrogens (tertiary/aromatic N) is 1. The van der Waals surface area contributed by atoms with Gasteiger partial charge in [0.1, 0.15) is 21.6 Å². The number of nitrogens with one attached hydrogen (secondary N) is 1. The number of amides is 1. The number of fused-ring (bicyclic) bond motifs is 3. The van der Waals surface area contributed by atoms with E-state index in [1.165, 1.54) is 6.26 Å². The van der Waals surface area contributed by atoms with Crippen LogP contribution in [0.4, 0.5) is 4.79 Å². The lowest BCUT2D eigenvalue weighted by atomic mass is 9.92. The summed E-state index contributed by atoms with van der Waals surface area (Å²) >= 11 is 6.24. The van der Waals surface area contributed by atoms with Gasteiger partial charge in [-0.05, 0) is 54.3 Å². The summed E-state index contributed by atoms with van der Waals surface area (Å²) in [4.78, 5) is 18.0. The molecule has 1 aromatic heterocycles. The lowest BCUT2D eigenvalue weighted by molar-refractivity contribution is 0.0993. The topological polar surface area (TPSA) is 88.7 Å². The van der Waals surface area contributed by atoms with Crippen molar-refractivity contribution >= 4 is 38.4 Å². The van der Waals surface area contributed by atoms with Crippen LogP contribution in [-0.2, 0) is 21.0 Å². The van der Waals surface area contributed by atoms with Crippen molar-refractivity contribution in [3.8, 4) is 18.1 Å². The molecule has 2 aromatic carbocycles. The summed E-state index contributed by atoms with van der Waals surface area (Å²) in [5.41, 5.74) is 3.84. The van der Waals surface area contributed by atoms with Gasteiger partial charge in [0.2, 0.25) is 0 Å². The summed E-state index contributed by atoms with van der Waals surface area (Å²) in [6.45, 7) is 0.662. The van der Waals surface area contributed by atoms with Gasteiger partial charge in [0.25, 0.3) is 0 Å². The van der Waals surface area contributed by atoms with Crippen molar-refractivity contribution in [2.45, 2.75) is 18.9 Å². The van der Waals surface area contributed by atoms with Gasteiger partial charge in [-0.2, -0.15) is 0 Å². The maximum Gasteiger partial charge on any atom is 0.411 e. The molecule has 1 N–H and O–H groups in total. The van der Waals surface area contributed by atoms with Gasteiger partial charge in [-0.1, -0.05) is 29.7 Å². The summed E-state index contributed by atoms with van der Waals surface area (Å²) in [6.07, 6.45) is 7.07. The molecule has 1 aliphatic heterocycles. The predicted octanol–water partition coefficient (Wildman–Crippen LogP) is 4.35. The smallest absolute Gasteiger partial charge is 0.411 e. The maximum absolute atomic E-state index is 12.8. The van der Waals surface area contributed by atoms with E-state index in [0.29, 0.717) is 36.8 Å². The van der Waals surface area contributed by atoms with Crippen LogP contribution in [0.2, 0.25) is 5.02 Å². The Balaban J connectivity index is 1.63. The number of benzene rings is 2.